The number of rotatable bonds is 1. The highest BCUT2D eigenvalue weighted by molar-refractivity contribution is 5.94. The van der Waals surface area contributed by atoms with E-state index >= 15 is 0 Å². The van der Waals surface area contributed by atoms with Gasteiger partial charge in [-0.3, -0.25) is 9.89 Å². The zero-order valence-corrected chi connectivity index (χ0v) is 11.9. The molecular weight excluding hydrogens is 240 g/mol. The van der Waals surface area contributed by atoms with Gasteiger partial charge in [-0.05, 0) is 26.2 Å². The second kappa shape index (κ2) is 4.34. The van der Waals surface area contributed by atoms with Crippen LogP contribution in [0.25, 0.3) is 0 Å². The van der Waals surface area contributed by atoms with E-state index in [0.29, 0.717) is 11.6 Å². The van der Waals surface area contributed by atoms with Crippen molar-refractivity contribution in [2.45, 2.75) is 45.7 Å². The van der Waals surface area contributed by atoms with Crippen LogP contribution in [0.5, 0.6) is 0 Å². The molecule has 1 aromatic rings. The van der Waals surface area contributed by atoms with E-state index in [1.54, 1.807) is 0 Å². The smallest absolute Gasteiger partial charge is 0.275 e. The fourth-order valence-electron chi connectivity index (χ4n) is 3.47. The van der Waals surface area contributed by atoms with Gasteiger partial charge in [-0.1, -0.05) is 6.92 Å². The topological polar surface area (TPSA) is 61.0 Å². The molecule has 2 N–H and O–H groups in total. The fraction of sp³-hybridized carbons (Fsp3) is 0.714. The van der Waals surface area contributed by atoms with Crippen molar-refractivity contribution in [2.75, 3.05) is 13.1 Å². The van der Waals surface area contributed by atoms with Crippen LogP contribution in [0.4, 0.5) is 0 Å². The summed E-state index contributed by atoms with van der Waals surface area (Å²) in [6.07, 6.45) is 1.99. The van der Waals surface area contributed by atoms with Crippen LogP contribution in [0, 0.1) is 5.92 Å². The van der Waals surface area contributed by atoms with Crippen LogP contribution in [0.1, 0.15) is 48.9 Å². The van der Waals surface area contributed by atoms with Gasteiger partial charge in [0.05, 0.1) is 0 Å². The van der Waals surface area contributed by atoms with Crippen molar-refractivity contribution in [1.29, 1.82) is 0 Å². The summed E-state index contributed by atoms with van der Waals surface area (Å²) >= 11 is 0. The zero-order valence-electron chi connectivity index (χ0n) is 11.9. The minimum Gasteiger partial charge on any atom is -0.332 e. The van der Waals surface area contributed by atoms with E-state index in [-0.39, 0.29) is 11.4 Å². The molecule has 0 bridgehead atoms. The molecule has 0 radical (unpaired) electrons. The van der Waals surface area contributed by atoms with Gasteiger partial charge in [0.15, 0.2) is 5.69 Å². The summed E-state index contributed by atoms with van der Waals surface area (Å²) in [5.41, 5.74) is 2.73. The van der Waals surface area contributed by atoms with Gasteiger partial charge in [-0.2, -0.15) is 5.10 Å². The molecular formula is C14H22N4O. The van der Waals surface area contributed by atoms with Crippen LogP contribution >= 0.6 is 0 Å². The second-order valence-corrected chi connectivity index (χ2v) is 6.49. The fourth-order valence-corrected chi connectivity index (χ4v) is 3.47. The van der Waals surface area contributed by atoms with Crippen molar-refractivity contribution < 1.29 is 4.79 Å². The number of hydrogen-bond donors (Lipinski definition) is 2. The van der Waals surface area contributed by atoms with Crippen LogP contribution in [-0.2, 0) is 13.0 Å². The Balaban J connectivity index is 1.90. The quantitative estimate of drug-likeness (QED) is 0.802. The summed E-state index contributed by atoms with van der Waals surface area (Å²) < 4.78 is 0. The molecule has 2 aliphatic rings. The number of fused-ring (bicyclic) bond motifs is 1. The van der Waals surface area contributed by atoms with Crippen LogP contribution in [-0.4, -0.2) is 39.6 Å². The number of hydrogen-bond acceptors (Lipinski definition) is 3. The van der Waals surface area contributed by atoms with Crippen LogP contribution in [0.15, 0.2) is 0 Å². The molecule has 0 aromatic carbocycles. The first-order valence-corrected chi connectivity index (χ1v) is 7.08. The molecule has 3 heterocycles. The van der Waals surface area contributed by atoms with Gasteiger partial charge < -0.3 is 10.2 Å². The average Bonchev–Trinajstić information content (AvgIpc) is 2.89. The van der Waals surface area contributed by atoms with Crippen molar-refractivity contribution in [2.24, 2.45) is 5.92 Å². The standard InChI is InChI=1S/C14H22N4O/c1-9-6-14(2,3)18(8-9)13(19)12-10-7-15-5-4-11(10)16-17-12/h9,15H,4-8H2,1-3H3,(H,16,17). The van der Waals surface area contributed by atoms with Gasteiger partial charge in [0, 0.05) is 42.9 Å². The molecule has 0 spiro atoms. The van der Waals surface area contributed by atoms with Crippen molar-refractivity contribution in [3.63, 3.8) is 0 Å². The van der Waals surface area contributed by atoms with Gasteiger partial charge in [0.2, 0.25) is 0 Å². The van der Waals surface area contributed by atoms with Gasteiger partial charge in [0.25, 0.3) is 5.91 Å². The Morgan fingerprint density at radius 1 is 1.47 bits per heavy atom. The Morgan fingerprint density at radius 2 is 2.26 bits per heavy atom. The number of H-pyrrole nitrogens is 1. The second-order valence-electron chi connectivity index (χ2n) is 6.49. The lowest BCUT2D eigenvalue weighted by molar-refractivity contribution is 0.0642. The number of nitrogens with zero attached hydrogens (tertiary/aromatic N) is 2. The predicted molar refractivity (Wildman–Crippen MR) is 72.9 cm³/mol. The van der Waals surface area contributed by atoms with Gasteiger partial charge in [0.1, 0.15) is 0 Å². The summed E-state index contributed by atoms with van der Waals surface area (Å²) in [5, 5.41) is 10.6. The molecule has 1 amide bonds. The Morgan fingerprint density at radius 3 is 2.95 bits per heavy atom. The van der Waals surface area contributed by atoms with E-state index in [1.807, 2.05) is 4.90 Å². The molecule has 1 unspecified atom stereocenters. The van der Waals surface area contributed by atoms with Crippen molar-refractivity contribution >= 4 is 5.91 Å². The minimum absolute atomic E-state index is 0.0651. The molecule has 0 saturated carbocycles. The summed E-state index contributed by atoms with van der Waals surface area (Å²) in [5.74, 6) is 0.641. The summed E-state index contributed by atoms with van der Waals surface area (Å²) in [6.45, 7) is 9.03. The van der Waals surface area contributed by atoms with Gasteiger partial charge in [-0.25, -0.2) is 0 Å². The van der Waals surface area contributed by atoms with Gasteiger partial charge in [-0.15, -0.1) is 0 Å². The molecule has 1 aromatic heterocycles. The number of carbonyl (C=O) groups is 1. The molecule has 0 aliphatic carbocycles. The van der Waals surface area contributed by atoms with E-state index in [0.717, 1.165) is 43.7 Å². The highest BCUT2D eigenvalue weighted by Gasteiger charge is 2.41. The number of nitrogens with one attached hydrogen (secondary N) is 2. The largest absolute Gasteiger partial charge is 0.332 e. The number of carbonyl (C=O) groups excluding carboxylic acids is 1. The average molecular weight is 262 g/mol. The van der Waals surface area contributed by atoms with E-state index in [1.165, 1.54) is 0 Å². The third-order valence-corrected chi connectivity index (χ3v) is 4.33. The first-order valence-electron chi connectivity index (χ1n) is 7.08. The van der Waals surface area contributed by atoms with Crippen LogP contribution < -0.4 is 5.32 Å². The Labute approximate surface area is 113 Å². The van der Waals surface area contributed by atoms with E-state index in [9.17, 15) is 4.79 Å². The first-order chi connectivity index (χ1) is 8.99. The molecule has 19 heavy (non-hydrogen) atoms. The Bertz CT molecular complexity index is 506. The molecule has 5 nitrogen and oxygen atoms in total. The van der Waals surface area contributed by atoms with E-state index < -0.39 is 0 Å². The summed E-state index contributed by atoms with van der Waals surface area (Å²) in [4.78, 5) is 14.7. The normalized spacial score (nSPS) is 25.4. The number of amides is 1. The predicted octanol–water partition coefficient (Wildman–Crippen LogP) is 1.32. The molecule has 1 atom stereocenters. The molecule has 1 fully saturated rings. The third-order valence-electron chi connectivity index (χ3n) is 4.33. The van der Waals surface area contributed by atoms with Crippen LogP contribution in [0.2, 0.25) is 0 Å². The SMILES string of the molecule is CC1CN(C(=O)c2n[nH]c3c2CNCC3)C(C)(C)C1. The molecule has 104 valence electrons. The maximum atomic E-state index is 12.8. The highest BCUT2D eigenvalue weighted by atomic mass is 16.2. The zero-order chi connectivity index (χ0) is 13.6. The lowest BCUT2D eigenvalue weighted by atomic mass is 9.97. The summed E-state index contributed by atoms with van der Waals surface area (Å²) in [6, 6.07) is 0. The van der Waals surface area contributed by atoms with Gasteiger partial charge >= 0.3 is 0 Å². The van der Waals surface area contributed by atoms with E-state index in [2.05, 4.69) is 36.3 Å². The van der Waals surface area contributed by atoms with Crippen molar-refractivity contribution in [3.05, 3.63) is 17.0 Å². The number of likely N-dealkylation sites (tertiary alicyclic amines) is 1. The first kappa shape index (κ1) is 12.7. The maximum Gasteiger partial charge on any atom is 0.275 e. The molecule has 2 aliphatic heterocycles. The molecule has 1 saturated heterocycles. The molecule has 3 rings (SSSR count). The van der Waals surface area contributed by atoms with E-state index in [4.69, 9.17) is 0 Å². The lowest BCUT2D eigenvalue weighted by Gasteiger charge is -2.31. The Hall–Kier alpha value is -1.36. The highest BCUT2D eigenvalue weighted by Crippen LogP contribution is 2.34. The number of aromatic amines is 1. The summed E-state index contributed by atoms with van der Waals surface area (Å²) in [7, 11) is 0. The minimum atomic E-state index is -0.0651. The monoisotopic (exact) mass is 262 g/mol. The Kier molecular flexibility index (Phi) is 2.89. The van der Waals surface area contributed by atoms with Crippen molar-refractivity contribution in [3.8, 4) is 0 Å². The third kappa shape index (κ3) is 2.06. The van der Waals surface area contributed by atoms with Crippen LogP contribution in [0.3, 0.4) is 0 Å². The maximum absolute atomic E-state index is 12.8. The number of aromatic nitrogens is 2. The molecule has 5 heteroatoms. The lowest BCUT2D eigenvalue weighted by Crippen LogP contribution is -2.43. The van der Waals surface area contributed by atoms with Crippen molar-refractivity contribution in [1.82, 2.24) is 20.4 Å².